The Hall–Kier alpha value is -1.35. The van der Waals surface area contributed by atoms with Gasteiger partial charge in [-0.05, 0) is 27.1 Å². The third-order valence-electron chi connectivity index (χ3n) is 3.03. The third kappa shape index (κ3) is 1.50. The molecule has 0 fully saturated rings. The van der Waals surface area contributed by atoms with Gasteiger partial charge in [-0.25, -0.2) is 0 Å². The SMILES string of the molecule is [Ir].[c-]1nsc2c1c1ncccc1c1ccccc12. The van der Waals surface area contributed by atoms with Crippen LogP contribution in [0.5, 0.6) is 0 Å². The van der Waals surface area contributed by atoms with Crippen LogP contribution in [-0.2, 0) is 20.1 Å². The number of aromatic nitrogens is 2. The Bertz CT molecular complexity index is 784. The standard InChI is InChI=1S/C14H7N2S.Ir/c1-2-5-11-9(4-1)10-6-3-7-15-13(10)12-8-16-17-14(11)12;/h1-7H;/q-1;. The minimum Gasteiger partial charge on any atom is -0.320 e. The van der Waals surface area contributed by atoms with E-state index in [0.717, 1.165) is 10.9 Å². The van der Waals surface area contributed by atoms with Crippen LogP contribution in [0.15, 0.2) is 42.6 Å². The predicted octanol–water partition coefficient (Wildman–Crippen LogP) is 3.80. The fraction of sp³-hybridized carbons (Fsp3) is 0. The van der Waals surface area contributed by atoms with E-state index in [1.807, 2.05) is 12.3 Å². The monoisotopic (exact) mass is 428 g/mol. The minimum atomic E-state index is 0. The molecule has 0 amide bonds. The number of rotatable bonds is 0. The van der Waals surface area contributed by atoms with Gasteiger partial charge in [0.25, 0.3) is 0 Å². The maximum atomic E-state index is 4.47. The third-order valence-corrected chi connectivity index (χ3v) is 3.82. The smallest absolute Gasteiger partial charge is 0.0124 e. The van der Waals surface area contributed by atoms with E-state index in [1.165, 1.54) is 32.4 Å². The maximum absolute atomic E-state index is 4.47. The van der Waals surface area contributed by atoms with E-state index in [-0.39, 0.29) is 20.1 Å². The number of nitrogens with zero attached hydrogens (tertiary/aromatic N) is 2. The summed E-state index contributed by atoms with van der Waals surface area (Å²) in [6, 6.07) is 12.5. The van der Waals surface area contributed by atoms with Crippen molar-refractivity contribution in [2.24, 2.45) is 0 Å². The molecule has 0 saturated carbocycles. The van der Waals surface area contributed by atoms with Crippen LogP contribution in [0.25, 0.3) is 31.8 Å². The second-order valence-corrected chi connectivity index (χ2v) is 4.72. The molecule has 0 saturated heterocycles. The molecule has 4 rings (SSSR count). The molecule has 2 aromatic heterocycles. The quantitative estimate of drug-likeness (QED) is 0.315. The van der Waals surface area contributed by atoms with E-state index in [9.17, 15) is 0 Å². The molecule has 0 aliphatic heterocycles. The van der Waals surface area contributed by atoms with Crippen LogP contribution in [0.3, 0.4) is 0 Å². The molecule has 0 aliphatic rings. The Labute approximate surface area is 121 Å². The van der Waals surface area contributed by atoms with Gasteiger partial charge in [-0.1, -0.05) is 41.9 Å². The second kappa shape index (κ2) is 4.39. The molecule has 4 aromatic rings. The maximum Gasteiger partial charge on any atom is 0.0124 e. The summed E-state index contributed by atoms with van der Waals surface area (Å²) in [5, 5.41) is 4.68. The zero-order valence-corrected chi connectivity index (χ0v) is 12.4. The molecule has 0 spiro atoms. The molecule has 0 unspecified atom stereocenters. The Morgan fingerprint density at radius 2 is 1.72 bits per heavy atom. The van der Waals surface area contributed by atoms with Gasteiger partial charge >= 0.3 is 0 Å². The molecule has 4 heteroatoms. The molecule has 0 atom stereocenters. The Balaban J connectivity index is 0.000001000. The number of pyridine rings is 1. The van der Waals surface area contributed by atoms with Crippen molar-refractivity contribution in [1.82, 2.24) is 9.36 Å². The predicted molar refractivity (Wildman–Crippen MR) is 71.3 cm³/mol. The van der Waals surface area contributed by atoms with Gasteiger partial charge in [0.2, 0.25) is 0 Å². The van der Waals surface area contributed by atoms with Gasteiger partial charge in [0.05, 0.1) is 0 Å². The summed E-state index contributed by atoms with van der Waals surface area (Å²) in [5.41, 5.74) is 0.995. The summed E-state index contributed by atoms with van der Waals surface area (Å²) in [7, 11) is 0. The summed E-state index contributed by atoms with van der Waals surface area (Å²) in [6.07, 6.45) is 4.88. The van der Waals surface area contributed by atoms with Gasteiger partial charge in [-0.15, -0.1) is 16.9 Å². The average molecular weight is 428 g/mol. The van der Waals surface area contributed by atoms with Crippen LogP contribution in [0.1, 0.15) is 0 Å². The van der Waals surface area contributed by atoms with Gasteiger partial charge in [0.15, 0.2) is 0 Å². The number of hydrogen-bond donors (Lipinski definition) is 0. The van der Waals surface area contributed by atoms with E-state index in [0.29, 0.717) is 0 Å². The van der Waals surface area contributed by atoms with Crippen molar-refractivity contribution in [1.29, 1.82) is 0 Å². The second-order valence-electron chi connectivity index (χ2n) is 3.94. The molecule has 2 aromatic carbocycles. The van der Waals surface area contributed by atoms with Crippen LogP contribution in [0, 0.1) is 6.20 Å². The van der Waals surface area contributed by atoms with Crippen LogP contribution >= 0.6 is 11.5 Å². The molecule has 2 heterocycles. The van der Waals surface area contributed by atoms with Gasteiger partial charge < -0.3 is 4.98 Å². The summed E-state index contributed by atoms with van der Waals surface area (Å²) >= 11 is 1.49. The first kappa shape index (κ1) is 11.7. The molecule has 1 radical (unpaired) electrons. The van der Waals surface area contributed by atoms with Crippen LogP contribution in [0.2, 0.25) is 0 Å². The number of benzene rings is 2. The minimum absolute atomic E-state index is 0. The van der Waals surface area contributed by atoms with Crippen molar-refractivity contribution in [3.63, 3.8) is 0 Å². The number of fused-ring (bicyclic) bond motifs is 6. The van der Waals surface area contributed by atoms with Crippen molar-refractivity contribution in [2.75, 3.05) is 0 Å². The van der Waals surface area contributed by atoms with Crippen molar-refractivity contribution in [2.45, 2.75) is 0 Å². The van der Waals surface area contributed by atoms with E-state index in [1.54, 1.807) is 0 Å². The van der Waals surface area contributed by atoms with Crippen LogP contribution < -0.4 is 0 Å². The largest absolute Gasteiger partial charge is 0.320 e. The average Bonchev–Trinajstić information content (AvgIpc) is 2.89. The molecule has 0 N–H and O–H groups in total. The van der Waals surface area contributed by atoms with E-state index in [4.69, 9.17) is 0 Å². The molecule has 89 valence electrons. The van der Waals surface area contributed by atoms with E-state index in [2.05, 4.69) is 45.9 Å². The Kier molecular flexibility index (Phi) is 2.86. The van der Waals surface area contributed by atoms with Crippen molar-refractivity contribution in [3.05, 3.63) is 48.8 Å². The summed E-state index contributed by atoms with van der Waals surface area (Å²) in [5.74, 6) is 0. The Morgan fingerprint density at radius 3 is 2.61 bits per heavy atom. The zero-order chi connectivity index (χ0) is 11.2. The fourth-order valence-electron chi connectivity index (χ4n) is 2.29. The summed E-state index contributed by atoms with van der Waals surface area (Å²) in [6.45, 7) is 0. The fourth-order valence-corrected chi connectivity index (χ4v) is 3.03. The molecular formula is C14H7IrN2S-. The van der Waals surface area contributed by atoms with Gasteiger partial charge in [0, 0.05) is 26.3 Å². The zero-order valence-electron chi connectivity index (χ0n) is 9.18. The number of hydrogen-bond acceptors (Lipinski definition) is 3. The van der Waals surface area contributed by atoms with Crippen LogP contribution in [-0.4, -0.2) is 9.36 Å². The summed E-state index contributed by atoms with van der Waals surface area (Å²) < 4.78 is 5.35. The molecular weight excluding hydrogens is 420 g/mol. The van der Waals surface area contributed by atoms with Gasteiger partial charge in [-0.3, -0.25) is 4.37 Å². The Morgan fingerprint density at radius 1 is 0.944 bits per heavy atom. The topological polar surface area (TPSA) is 25.8 Å². The first-order chi connectivity index (χ1) is 8.45. The normalized spacial score (nSPS) is 10.9. The molecule has 18 heavy (non-hydrogen) atoms. The molecule has 0 bridgehead atoms. The van der Waals surface area contributed by atoms with Crippen molar-refractivity contribution >= 4 is 43.3 Å². The van der Waals surface area contributed by atoms with Crippen LogP contribution in [0.4, 0.5) is 0 Å². The molecule has 2 nitrogen and oxygen atoms in total. The van der Waals surface area contributed by atoms with Crippen molar-refractivity contribution in [3.8, 4) is 0 Å². The first-order valence-corrected chi connectivity index (χ1v) is 6.15. The first-order valence-electron chi connectivity index (χ1n) is 5.37. The summed E-state index contributed by atoms with van der Waals surface area (Å²) in [4.78, 5) is 4.47. The molecule has 0 aliphatic carbocycles. The van der Waals surface area contributed by atoms with E-state index < -0.39 is 0 Å². The van der Waals surface area contributed by atoms with E-state index >= 15 is 0 Å². The van der Waals surface area contributed by atoms with Crippen molar-refractivity contribution < 1.29 is 20.1 Å². The van der Waals surface area contributed by atoms with Gasteiger partial charge in [0.1, 0.15) is 0 Å². The van der Waals surface area contributed by atoms with Gasteiger partial charge in [-0.2, -0.15) is 0 Å².